The summed E-state index contributed by atoms with van der Waals surface area (Å²) >= 11 is 0. The average Bonchev–Trinajstić information content (AvgIpc) is 3.24. The van der Waals surface area contributed by atoms with E-state index in [4.69, 9.17) is 0 Å². The quantitative estimate of drug-likeness (QED) is 0.387. The number of hydrogen-bond donors (Lipinski definition) is 1. The van der Waals surface area contributed by atoms with Gasteiger partial charge in [-0.15, -0.1) is 0 Å². The van der Waals surface area contributed by atoms with Crippen LogP contribution in [0.5, 0.6) is 0 Å². The zero-order valence-electron chi connectivity index (χ0n) is 14.4. The molecule has 0 bridgehead atoms. The molecule has 0 amide bonds. The molecule has 0 aliphatic carbocycles. The van der Waals surface area contributed by atoms with Crippen LogP contribution in [0.2, 0.25) is 0 Å². The molecule has 2 nitrogen and oxygen atoms in total. The molecule has 2 aromatic heterocycles. The van der Waals surface area contributed by atoms with Crippen molar-refractivity contribution in [2.75, 3.05) is 0 Å². The summed E-state index contributed by atoms with van der Waals surface area (Å²) in [5.41, 5.74) is 9.24. The van der Waals surface area contributed by atoms with Crippen LogP contribution >= 0.6 is 0 Å². The minimum absolute atomic E-state index is 1.03. The van der Waals surface area contributed by atoms with E-state index < -0.39 is 0 Å². The van der Waals surface area contributed by atoms with Crippen LogP contribution in [0, 0.1) is 0 Å². The minimum atomic E-state index is 1.03. The highest BCUT2D eigenvalue weighted by Crippen LogP contribution is 2.45. The topological polar surface area (TPSA) is 20.7 Å². The molecule has 2 heteroatoms. The van der Waals surface area contributed by atoms with Gasteiger partial charge in [0.25, 0.3) is 0 Å². The maximum absolute atomic E-state index is 3.72. The van der Waals surface area contributed by atoms with Gasteiger partial charge in [-0.1, -0.05) is 66.7 Å². The molecule has 0 unspecified atom stereocenters. The van der Waals surface area contributed by atoms with Gasteiger partial charge in [-0.3, -0.25) is 0 Å². The maximum atomic E-state index is 3.72. The van der Waals surface area contributed by atoms with Crippen LogP contribution in [0.4, 0.5) is 0 Å². The van der Waals surface area contributed by atoms with Crippen molar-refractivity contribution in [1.29, 1.82) is 0 Å². The lowest BCUT2D eigenvalue weighted by atomic mass is 9.96. The number of nitrogens with zero attached hydrogens (tertiary/aromatic N) is 1. The van der Waals surface area contributed by atoms with Gasteiger partial charge >= 0.3 is 0 Å². The standard InChI is InChI=1S/C24H18N2/c1-2-8-16(9-3-1)22-19-11-5-7-13-21(19)26-15-14-18-17-10-4-6-12-20(17)25-23(18)24(22)26/h1-13,25H,14-15H2. The van der Waals surface area contributed by atoms with Crippen LogP contribution in [-0.2, 0) is 13.0 Å². The molecule has 0 saturated heterocycles. The second kappa shape index (κ2) is 5.12. The molecule has 124 valence electrons. The minimum Gasteiger partial charge on any atom is -0.353 e. The fraction of sp³-hybridized carbons (Fsp3) is 0.0833. The third kappa shape index (κ3) is 1.76. The Hall–Kier alpha value is -3.26. The molecule has 0 spiro atoms. The first-order valence-electron chi connectivity index (χ1n) is 9.18. The molecular weight excluding hydrogens is 316 g/mol. The van der Waals surface area contributed by atoms with E-state index in [0.717, 1.165) is 13.0 Å². The van der Waals surface area contributed by atoms with Crippen LogP contribution in [-0.4, -0.2) is 9.55 Å². The summed E-state index contributed by atoms with van der Waals surface area (Å²) in [4.78, 5) is 3.72. The van der Waals surface area contributed by atoms with E-state index >= 15 is 0 Å². The first-order valence-corrected chi connectivity index (χ1v) is 9.18. The van der Waals surface area contributed by atoms with Crippen LogP contribution < -0.4 is 0 Å². The van der Waals surface area contributed by atoms with E-state index in [9.17, 15) is 0 Å². The molecule has 6 rings (SSSR count). The van der Waals surface area contributed by atoms with Crippen molar-refractivity contribution in [1.82, 2.24) is 9.55 Å². The zero-order chi connectivity index (χ0) is 17.1. The van der Waals surface area contributed by atoms with Gasteiger partial charge in [-0.05, 0) is 29.7 Å². The highest BCUT2D eigenvalue weighted by atomic mass is 15.0. The fourth-order valence-electron chi connectivity index (χ4n) is 4.58. The Labute approximate surface area is 151 Å². The lowest BCUT2D eigenvalue weighted by molar-refractivity contribution is 0.712. The lowest BCUT2D eigenvalue weighted by Gasteiger charge is -2.18. The van der Waals surface area contributed by atoms with Gasteiger partial charge in [-0.2, -0.15) is 0 Å². The molecule has 1 aliphatic rings. The van der Waals surface area contributed by atoms with E-state index in [1.807, 2.05) is 0 Å². The van der Waals surface area contributed by atoms with Crippen molar-refractivity contribution in [2.45, 2.75) is 13.0 Å². The number of aromatic amines is 1. The molecule has 0 atom stereocenters. The fourth-order valence-corrected chi connectivity index (χ4v) is 4.58. The first-order chi connectivity index (χ1) is 12.9. The third-order valence-corrected chi connectivity index (χ3v) is 5.67. The summed E-state index contributed by atoms with van der Waals surface area (Å²) in [6.45, 7) is 1.03. The molecule has 5 aromatic rings. The van der Waals surface area contributed by atoms with Gasteiger partial charge in [-0.25, -0.2) is 0 Å². The number of para-hydroxylation sites is 2. The lowest BCUT2D eigenvalue weighted by Crippen LogP contribution is -2.10. The number of aromatic nitrogens is 2. The molecule has 0 radical (unpaired) electrons. The van der Waals surface area contributed by atoms with Gasteiger partial charge in [0.15, 0.2) is 0 Å². The highest BCUT2D eigenvalue weighted by molar-refractivity contribution is 6.06. The van der Waals surface area contributed by atoms with Crippen LogP contribution in [0.1, 0.15) is 5.56 Å². The van der Waals surface area contributed by atoms with Crippen LogP contribution in [0.25, 0.3) is 44.3 Å². The van der Waals surface area contributed by atoms with E-state index in [1.54, 1.807) is 0 Å². The molecule has 26 heavy (non-hydrogen) atoms. The first kappa shape index (κ1) is 14.0. The smallest absolute Gasteiger partial charge is 0.0739 e. The Morgan fingerprint density at radius 3 is 2.35 bits per heavy atom. The molecule has 3 aromatic carbocycles. The van der Waals surface area contributed by atoms with Gasteiger partial charge < -0.3 is 9.55 Å². The van der Waals surface area contributed by atoms with Crippen LogP contribution in [0.3, 0.4) is 0 Å². The predicted octanol–water partition coefficient (Wildman–Crippen LogP) is 6.01. The predicted molar refractivity (Wildman–Crippen MR) is 108 cm³/mol. The van der Waals surface area contributed by atoms with E-state index in [-0.39, 0.29) is 0 Å². The summed E-state index contributed by atoms with van der Waals surface area (Å²) in [5, 5.41) is 2.69. The monoisotopic (exact) mass is 334 g/mol. The van der Waals surface area contributed by atoms with Gasteiger partial charge in [0.2, 0.25) is 0 Å². The van der Waals surface area contributed by atoms with E-state index in [2.05, 4.69) is 88.4 Å². The number of fused-ring (bicyclic) bond motifs is 7. The normalized spacial score (nSPS) is 13.1. The number of benzene rings is 3. The average molecular weight is 334 g/mol. The van der Waals surface area contributed by atoms with Gasteiger partial charge in [0, 0.05) is 33.9 Å². The molecule has 1 N–H and O–H groups in total. The number of aryl methyl sites for hydroxylation is 2. The van der Waals surface area contributed by atoms with E-state index in [0.29, 0.717) is 0 Å². The van der Waals surface area contributed by atoms with Crippen molar-refractivity contribution < 1.29 is 0 Å². The largest absolute Gasteiger partial charge is 0.353 e. The Morgan fingerprint density at radius 2 is 1.46 bits per heavy atom. The molecular formula is C24H18N2. The third-order valence-electron chi connectivity index (χ3n) is 5.67. The number of nitrogens with one attached hydrogen (secondary N) is 1. The summed E-state index contributed by atoms with van der Waals surface area (Å²) in [7, 11) is 0. The van der Waals surface area contributed by atoms with Gasteiger partial charge in [0.05, 0.1) is 11.4 Å². The molecule has 3 heterocycles. The van der Waals surface area contributed by atoms with Crippen molar-refractivity contribution >= 4 is 21.8 Å². The van der Waals surface area contributed by atoms with E-state index in [1.165, 1.54) is 49.9 Å². The molecule has 1 aliphatic heterocycles. The number of H-pyrrole nitrogens is 1. The van der Waals surface area contributed by atoms with Crippen molar-refractivity contribution in [2.24, 2.45) is 0 Å². The maximum Gasteiger partial charge on any atom is 0.0739 e. The Kier molecular flexibility index (Phi) is 2.75. The van der Waals surface area contributed by atoms with Crippen molar-refractivity contribution in [3.8, 4) is 22.5 Å². The SMILES string of the molecule is c1ccc(-c2c3n(c4ccccc24)CCc2c-3[nH]c3ccccc23)cc1. The Balaban J connectivity index is 1.79. The van der Waals surface area contributed by atoms with Crippen molar-refractivity contribution in [3.05, 3.63) is 84.4 Å². The Bertz CT molecular complexity index is 1270. The summed E-state index contributed by atoms with van der Waals surface area (Å²) in [6.07, 6.45) is 1.07. The van der Waals surface area contributed by atoms with Gasteiger partial charge in [0.1, 0.15) is 0 Å². The second-order valence-electron chi connectivity index (χ2n) is 7.03. The summed E-state index contributed by atoms with van der Waals surface area (Å²) in [6, 6.07) is 28.3. The highest BCUT2D eigenvalue weighted by Gasteiger charge is 2.27. The van der Waals surface area contributed by atoms with Crippen LogP contribution in [0.15, 0.2) is 78.9 Å². The zero-order valence-corrected chi connectivity index (χ0v) is 14.4. The summed E-state index contributed by atoms with van der Waals surface area (Å²) in [5.74, 6) is 0. The number of hydrogen-bond acceptors (Lipinski definition) is 0. The molecule has 0 fully saturated rings. The summed E-state index contributed by atoms with van der Waals surface area (Å²) < 4.78 is 2.50. The Morgan fingerprint density at radius 1 is 0.731 bits per heavy atom. The molecule has 0 saturated carbocycles. The second-order valence-corrected chi connectivity index (χ2v) is 7.03. The number of rotatable bonds is 1. The van der Waals surface area contributed by atoms with Crippen molar-refractivity contribution in [3.63, 3.8) is 0 Å².